The zero-order chi connectivity index (χ0) is 14.8. The van der Waals surface area contributed by atoms with Crippen LogP contribution in [0.3, 0.4) is 0 Å². The van der Waals surface area contributed by atoms with Crippen LogP contribution in [0, 0.1) is 17.7 Å². The Hall–Kier alpha value is -1.42. The van der Waals surface area contributed by atoms with Crippen molar-refractivity contribution in [3.05, 3.63) is 29.6 Å². The monoisotopic (exact) mass is 297 g/mol. The Morgan fingerprint density at radius 3 is 2.75 bits per heavy atom. The van der Waals surface area contributed by atoms with Crippen molar-refractivity contribution in [2.45, 2.75) is 30.2 Å². The van der Waals surface area contributed by atoms with Crippen molar-refractivity contribution < 1.29 is 17.9 Å². The topological polar surface area (TPSA) is 57.6 Å². The van der Waals surface area contributed by atoms with E-state index in [4.69, 9.17) is 5.11 Å². The molecule has 0 spiro atoms. The fourth-order valence-corrected chi connectivity index (χ4v) is 3.37. The summed E-state index contributed by atoms with van der Waals surface area (Å²) in [6.45, 7) is -0.119. The summed E-state index contributed by atoms with van der Waals surface area (Å²) in [5, 5.41) is 8.69. The lowest BCUT2D eigenvalue weighted by molar-refractivity contribution is 0.305. The predicted octanol–water partition coefficient (Wildman–Crippen LogP) is 1.34. The molecule has 0 amide bonds. The van der Waals surface area contributed by atoms with Gasteiger partial charge in [0, 0.05) is 25.1 Å². The van der Waals surface area contributed by atoms with Crippen molar-refractivity contribution in [3.8, 4) is 11.8 Å². The van der Waals surface area contributed by atoms with Crippen molar-refractivity contribution in [1.82, 2.24) is 4.31 Å². The van der Waals surface area contributed by atoms with Gasteiger partial charge in [0.2, 0.25) is 10.0 Å². The molecule has 1 aliphatic rings. The maximum absolute atomic E-state index is 13.3. The van der Waals surface area contributed by atoms with Gasteiger partial charge < -0.3 is 5.11 Å². The lowest BCUT2D eigenvalue weighted by Gasteiger charge is -2.17. The van der Waals surface area contributed by atoms with E-state index in [1.54, 1.807) is 0 Å². The van der Waals surface area contributed by atoms with Crippen molar-refractivity contribution in [2.24, 2.45) is 0 Å². The first kappa shape index (κ1) is 15.0. The SMILES string of the molecule is CN(C1CC1)S(=O)(=O)c1ccc(F)cc1C#CCCO. The number of nitrogens with zero attached hydrogens (tertiary/aromatic N) is 1. The highest BCUT2D eigenvalue weighted by atomic mass is 32.2. The number of rotatable bonds is 4. The third kappa shape index (κ3) is 3.18. The van der Waals surface area contributed by atoms with E-state index in [-0.39, 0.29) is 29.5 Å². The summed E-state index contributed by atoms with van der Waals surface area (Å²) >= 11 is 0. The quantitative estimate of drug-likeness (QED) is 0.853. The molecule has 0 atom stereocenters. The van der Waals surface area contributed by atoms with Crippen LogP contribution in [0.4, 0.5) is 4.39 Å². The predicted molar refractivity (Wildman–Crippen MR) is 73.0 cm³/mol. The van der Waals surface area contributed by atoms with Gasteiger partial charge in [-0.3, -0.25) is 0 Å². The molecule has 1 aromatic carbocycles. The van der Waals surface area contributed by atoms with E-state index in [2.05, 4.69) is 11.8 Å². The number of aliphatic hydroxyl groups excluding tert-OH is 1. The van der Waals surface area contributed by atoms with Crippen molar-refractivity contribution in [1.29, 1.82) is 0 Å². The minimum atomic E-state index is -3.66. The van der Waals surface area contributed by atoms with Crippen LogP contribution >= 0.6 is 0 Å². The molecule has 0 heterocycles. The van der Waals surface area contributed by atoms with Gasteiger partial charge in [0.15, 0.2) is 0 Å². The molecule has 0 aromatic heterocycles. The second kappa shape index (κ2) is 5.92. The van der Waals surface area contributed by atoms with E-state index >= 15 is 0 Å². The molecule has 0 bridgehead atoms. The molecule has 1 fully saturated rings. The summed E-state index contributed by atoms with van der Waals surface area (Å²) in [7, 11) is -2.13. The maximum Gasteiger partial charge on any atom is 0.244 e. The summed E-state index contributed by atoms with van der Waals surface area (Å²) in [4.78, 5) is 0.0127. The highest BCUT2D eigenvalue weighted by Gasteiger charge is 2.35. The largest absolute Gasteiger partial charge is 0.395 e. The van der Waals surface area contributed by atoms with Crippen LogP contribution in [0.1, 0.15) is 24.8 Å². The maximum atomic E-state index is 13.3. The lowest BCUT2D eigenvalue weighted by Crippen LogP contribution is -2.29. The van der Waals surface area contributed by atoms with Gasteiger partial charge in [0.25, 0.3) is 0 Å². The van der Waals surface area contributed by atoms with E-state index in [0.717, 1.165) is 25.0 Å². The molecule has 1 aromatic rings. The van der Waals surface area contributed by atoms with Gasteiger partial charge in [-0.2, -0.15) is 4.31 Å². The van der Waals surface area contributed by atoms with E-state index in [1.807, 2.05) is 0 Å². The number of halogens is 1. The van der Waals surface area contributed by atoms with Gasteiger partial charge in [-0.25, -0.2) is 12.8 Å². The molecule has 108 valence electrons. The molecule has 4 nitrogen and oxygen atoms in total. The molecule has 0 saturated heterocycles. The normalized spacial score (nSPS) is 15.0. The molecule has 0 radical (unpaired) electrons. The zero-order valence-corrected chi connectivity index (χ0v) is 12.0. The van der Waals surface area contributed by atoms with Gasteiger partial charge in [0.05, 0.1) is 11.5 Å². The summed E-state index contributed by atoms with van der Waals surface area (Å²) in [5.41, 5.74) is 0.131. The number of sulfonamides is 1. The number of aliphatic hydroxyl groups is 1. The molecule has 0 aliphatic heterocycles. The third-order valence-corrected chi connectivity index (χ3v) is 5.09. The zero-order valence-electron chi connectivity index (χ0n) is 11.1. The number of hydrogen-bond donors (Lipinski definition) is 1. The van der Waals surface area contributed by atoms with Crippen LogP contribution in [-0.2, 0) is 10.0 Å². The highest BCUT2D eigenvalue weighted by molar-refractivity contribution is 7.89. The van der Waals surface area contributed by atoms with E-state index in [9.17, 15) is 12.8 Å². The van der Waals surface area contributed by atoms with Gasteiger partial charge in [-0.15, -0.1) is 0 Å². The Labute approximate surface area is 118 Å². The van der Waals surface area contributed by atoms with Crippen molar-refractivity contribution in [2.75, 3.05) is 13.7 Å². The minimum Gasteiger partial charge on any atom is -0.395 e. The van der Waals surface area contributed by atoms with Crippen LogP contribution in [0.25, 0.3) is 0 Å². The molecule has 1 saturated carbocycles. The molecule has 1 N–H and O–H groups in total. The Morgan fingerprint density at radius 2 is 2.15 bits per heavy atom. The van der Waals surface area contributed by atoms with Crippen molar-refractivity contribution in [3.63, 3.8) is 0 Å². The second-order valence-electron chi connectivity index (χ2n) is 4.67. The van der Waals surface area contributed by atoms with Crippen LogP contribution in [0.2, 0.25) is 0 Å². The summed E-state index contributed by atoms with van der Waals surface area (Å²) in [6.07, 6.45) is 1.92. The fraction of sp³-hybridized carbons (Fsp3) is 0.429. The summed E-state index contributed by atoms with van der Waals surface area (Å²) in [6, 6.07) is 3.50. The minimum absolute atomic E-state index is 0.0127. The van der Waals surface area contributed by atoms with Gasteiger partial charge in [-0.1, -0.05) is 11.8 Å². The number of benzene rings is 1. The number of hydrogen-bond acceptors (Lipinski definition) is 3. The summed E-state index contributed by atoms with van der Waals surface area (Å²) in [5.74, 6) is 4.71. The van der Waals surface area contributed by atoms with Crippen LogP contribution in [0.15, 0.2) is 23.1 Å². The van der Waals surface area contributed by atoms with E-state index < -0.39 is 15.8 Å². The standard InChI is InChI=1S/C14H16FNO3S/c1-16(13-6-7-13)20(18,19)14-8-5-12(15)10-11(14)4-2-3-9-17/h5,8,10,13,17H,3,6-7,9H2,1H3. The molecular formula is C14H16FNO3S. The van der Waals surface area contributed by atoms with Gasteiger partial charge >= 0.3 is 0 Å². The molecule has 6 heteroatoms. The first-order valence-electron chi connectivity index (χ1n) is 6.34. The molecule has 2 rings (SSSR count). The van der Waals surface area contributed by atoms with Crippen LogP contribution in [-0.4, -0.2) is 37.5 Å². The van der Waals surface area contributed by atoms with Crippen LogP contribution in [0.5, 0.6) is 0 Å². The third-order valence-electron chi connectivity index (χ3n) is 3.12. The average Bonchev–Trinajstić information content (AvgIpc) is 3.22. The van der Waals surface area contributed by atoms with Gasteiger partial charge in [-0.05, 0) is 31.0 Å². The molecular weight excluding hydrogens is 281 g/mol. The van der Waals surface area contributed by atoms with Crippen LogP contribution < -0.4 is 0 Å². The van der Waals surface area contributed by atoms with E-state index in [1.165, 1.54) is 17.4 Å². The first-order chi connectivity index (χ1) is 9.46. The first-order valence-corrected chi connectivity index (χ1v) is 7.78. The second-order valence-corrected chi connectivity index (χ2v) is 6.63. The Bertz CT molecular complexity index is 657. The Kier molecular flexibility index (Phi) is 4.43. The molecule has 1 aliphatic carbocycles. The Balaban J connectivity index is 2.43. The average molecular weight is 297 g/mol. The molecule has 0 unspecified atom stereocenters. The highest BCUT2D eigenvalue weighted by Crippen LogP contribution is 2.31. The molecule has 20 heavy (non-hydrogen) atoms. The van der Waals surface area contributed by atoms with E-state index in [0.29, 0.717) is 0 Å². The van der Waals surface area contributed by atoms with Gasteiger partial charge in [0.1, 0.15) is 5.82 Å². The fourth-order valence-electron chi connectivity index (χ4n) is 1.83. The smallest absolute Gasteiger partial charge is 0.244 e. The Morgan fingerprint density at radius 1 is 1.45 bits per heavy atom. The van der Waals surface area contributed by atoms with Crippen molar-refractivity contribution >= 4 is 10.0 Å². The lowest BCUT2D eigenvalue weighted by atomic mass is 10.2. The summed E-state index contributed by atoms with van der Waals surface area (Å²) < 4.78 is 39.5.